The summed E-state index contributed by atoms with van der Waals surface area (Å²) >= 11 is 0. The predicted molar refractivity (Wildman–Crippen MR) is 56.7 cm³/mol. The van der Waals surface area contributed by atoms with E-state index >= 15 is 0 Å². The first-order chi connectivity index (χ1) is 6.79. The highest BCUT2D eigenvalue weighted by Gasteiger charge is 2.00. The number of nitrogens with two attached hydrogens (primary N) is 1. The standard InChI is InChI=1S/C11H13N3/c1-8-6-11(14-13-8)10-4-2-9(7-12)3-5-10/h2-6H,7,12H2,1H3,(H,13,14). The van der Waals surface area contributed by atoms with E-state index < -0.39 is 0 Å². The molecule has 0 fully saturated rings. The minimum atomic E-state index is 0.583. The van der Waals surface area contributed by atoms with Gasteiger partial charge in [0.2, 0.25) is 0 Å². The highest BCUT2D eigenvalue weighted by atomic mass is 15.1. The Morgan fingerprint density at radius 3 is 2.50 bits per heavy atom. The Hall–Kier alpha value is -1.61. The third-order valence-corrected chi connectivity index (χ3v) is 2.19. The molecular weight excluding hydrogens is 174 g/mol. The highest BCUT2D eigenvalue weighted by Crippen LogP contribution is 2.17. The minimum Gasteiger partial charge on any atom is -0.326 e. The van der Waals surface area contributed by atoms with Crippen molar-refractivity contribution in [1.82, 2.24) is 10.2 Å². The SMILES string of the molecule is Cc1cc(-c2ccc(CN)cc2)n[nH]1. The van der Waals surface area contributed by atoms with Crippen molar-refractivity contribution >= 4 is 0 Å². The van der Waals surface area contributed by atoms with Gasteiger partial charge in [-0.3, -0.25) is 5.10 Å². The summed E-state index contributed by atoms with van der Waals surface area (Å²) < 4.78 is 0. The Kier molecular flexibility index (Phi) is 2.33. The van der Waals surface area contributed by atoms with E-state index in [0.717, 1.165) is 22.5 Å². The van der Waals surface area contributed by atoms with E-state index in [4.69, 9.17) is 5.73 Å². The molecule has 0 radical (unpaired) electrons. The molecular formula is C11H13N3. The number of nitrogens with zero attached hydrogens (tertiary/aromatic N) is 1. The molecule has 0 atom stereocenters. The Labute approximate surface area is 83.0 Å². The summed E-state index contributed by atoms with van der Waals surface area (Å²) in [5, 5.41) is 7.11. The number of hydrogen-bond donors (Lipinski definition) is 2. The zero-order valence-electron chi connectivity index (χ0n) is 8.12. The Morgan fingerprint density at radius 2 is 2.00 bits per heavy atom. The summed E-state index contributed by atoms with van der Waals surface area (Å²) in [4.78, 5) is 0. The maximum absolute atomic E-state index is 5.52. The van der Waals surface area contributed by atoms with Crippen molar-refractivity contribution in [3.63, 3.8) is 0 Å². The molecule has 72 valence electrons. The fourth-order valence-corrected chi connectivity index (χ4v) is 1.38. The summed E-state index contributed by atoms with van der Waals surface area (Å²) in [5.74, 6) is 0. The largest absolute Gasteiger partial charge is 0.326 e. The van der Waals surface area contributed by atoms with Crippen molar-refractivity contribution in [3.8, 4) is 11.3 Å². The predicted octanol–water partition coefficient (Wildman–Crippen LogP) is 1.84. The maximum Gasteiger partial charge on any atom is 0.0923 e. The molecule has 3 heteroatoms. The van der Waals surface area contributed by atoms with Gasteiger partial charge >= 0.3 is 0 Å². The molecule has 0 bridgehead atoms. The molecule has 1 aromatic heterocycles. The summed E-state index contributed by atoms with van der Waals surface area (Å²) in [5.41, 5.74) is 9.83. The van der Waals surface area contributed by atoms with Gasteiger partial charge in [0.15, 0.2) is 0 Å². The zero-order valence-corrected chi connectivity index (χ0v) is 8.12. The van der Waals surface area contributed by atoms with Gasteiger partial charge in [0, 0.05) is 17.8 Å². The molecule has 0 aliphatic carbocycles. The molecule has 0 unspecified atom stereocenters. The molecule has 3 nitrogen and oxygen atoms in total. The molecule has 0 spiro atoms. The summed E-state index contributed by atoms with van der Waals surface area (Å²) in [6, 6.07) is 10.2. The molecule has 0 aliphatic rings. The topological polar surface area (TPSA) is 54.7 Å². The monoisotopic (exact) mass is 187 g/mol. The summed E-state index contributed by atoms with van der Waals surface area (Å²) in [6.45, 7) is 2.57. The van der Waals surface area contributed by atoms with Crippen LogP contribution in [-0.2, 0) is 6.54 Å². The number of hydrogen-bond acceptors (Lipinski definition) is 2. The Morgan fingerprint density at radius 1 is 1.29 bits per heavy atom. The molecule has 2 rings (SSSR count). The first-order valence-electron chi connectivity index (χ1n) is 4.61. The van der Waals surface area contributed by atoms with Crippen LogP contribution in [0.1, 0.15) is 11.3 Å². The van der Waals surface area contributed by atoms with Gasteiger partial charge in [0.25, 0.3) is 0 Å². The van der Waals surface area contributed by atoms with Crippen molar-refractivity contribution in [3.05, 3.63) is 41.6 Å². The van der Waals surface area contributed by atoms with Gasteiger partial charge < -0.3 is 5.73 Å². The first kappa shape index (κ1) is 8.97. The van der Waals surface area contributed by atoms with Crippen LogP contribution in [0.5, 0.6) is 0 Å². The Bertz CT molecular complexity index is 414. The second-order valence-corrected chi connectivity index (χ2v) is 3.34. The smallest absolute Gasteiger partial charge is 0.0923 e. The van der Waals surface area contributed by atoms with Crippen LogP contribution in [0.25, 0.3) is 11.3 Å². The van der Waals surface area contributed by atoms with Crippen LogP contribution in [0.2, 0.25) is 0 Å². The fourth-order valence-electron chi connectivity index (χ4n) is 1.38. The quantitative estimate of drug-likeness (QED) is 0.753. The van der Waals surface area contributed by atoms with Crippen molar-refractivity contribution in [2.24, 2.45) is 5.73 Å². The maximum atomic E-state index is 5.52. The number of benzene rings is 1. The molecule has 14 heavy (non-hydrogen) atoms. The van der Waals surface area contributed by atoms with Crippen LogP contribution in [-0.4, -0.2) is 10.2 Å². The van der Waals surface area contributed by atoms with Gasteiger partial charge in [-0.15, -0.1) is 0 Å². The lowest BCUT2D eigenvalue weighted by Crippen LogP contribution is -1.95. The van der Waals surface area contributed by atoms with E-state index in [1.165, 1.54) is 0 Å². The second kappa shape index (κ2) is 3.64. The average Bonchev–Trinajstić information content (AvgIpc) is 2.65. The second-order valence-electron chi connectivity index (χ2n) is 3.34. The van der Waals surface area contributed by atoms with Gasteiger partial charge in [-0.05, 0) is 18.6 Å². The van der Waals surface area contributed by atoms with Crippen molar-refractivity contribution in [2.45, 2.75) is 13.5 Å². The van der Waals surface area contributed by atoms with Crippen LogP contribution in [0.15, 0.2) is 30.3 Å². The lowest BCUT2D eigenvalue weighted by molar-refractivity contribution is 1.05. The van der Waals surface area contributed by atoms with Crippen LogP contribution in [0, 0.1) is 6.92 Å². The third kappa shape index (κ3) is 1.67. The third-order valence-electron chi connectivity index (χ3n) is 2.19. The van der Waals surface area contributed by atoms with Gasteiger partial charge in [-0.1, -0.05) is 24.3 Å². The van der Waals surface area contributed by atoms with E-state index in [2.05, 4.69) is 10.2 Å². The molecule has 0 saturated carbocycles. The average molecular weight is 187 g/mol. The molecule has 1 heterocycles. The number of rotatable bonds is 2. The number of nitrogens with one attached hydrogen (secondary N) is 1. The Balaban J connectivity index is 2.33. The molecule has 3 N–H and O–H groups in total. The lowest BCUT2D eigenvalue weighted by Gasteiger charge is -1.98. The number of aromatic nitrogens is 2. The zero-order chi connectivity index (χ0) is 9.97. The normalized spacial score (nSPS) is 10.4. The summed E-state index contributed by atoms with van der Waals surface area (Å²) in [7, 11) is 0. The van der Waals surface area contributed by atoms with Gasteiger partial charge in [0.05, 0.1) is 5.69 Å². The molecule has 0 saturated heterocycles. The van der Waals surface area contributed by atoms with E-state index in [9.17, 15) is 0 Å². The lowest BCUT2D eigenvalue weighted by atomic mass is 10.1. The highest BCUT2D eigenvalue weighted by molar-refractivity contribution is 5.59. The van der Waals surface area contributed by atoms with Crippen molar-refractivity contribution in [2.75, 3.05) is 0 Å². The van der Waals surface area contributed by atoms with E-state index in [0.29, 0.717) is 6.54 Å². The molecule has 0 aliphatic heterocycles. The van der Waals surface area contributed by atoms with Gasteiger partial charge in [-0.25, -0.2) is 0 Å². The van der Waals surface area contributed by atoms with E-state index in [1.807, 2.05) is 37.3 Å². The van der Waals surface area contributed by atoms with E-state index in [1.54, 1.807) is 0 Å². The fraction of sp³-hybridized carbons (Fsp3) is 0.182. The van der Waals surface area contributed by atoms with Crippen molar-refractivity contribution < 1.29 is 0 Å². The van der Waals surface area contributed by atoms with E-state index in [-0.39, 0.29) is 0 Å². The van der Waals surface area contributed by atoms with Crippen molar-refractivity contribution in [1.29, 1.82) is 0 Å². The first-order valence-corrected chi connectivity index (χ1v) is 4.61. The van der Waals surface area contributed by atoms with Gasteiger partial charge in [-0.2, -0.15) is 5.10 Å². The number of H-pyrrole nitrogens is 1. The van der Waals surface area contributed by atoms with Crippen LogP contribution in [0.4, 0.5) is 0 Å². The van der Waals surface area contributed by atoms with Crippen LogP contribution in [0.3, 0.4) is 0 Å². The summed E-state index contributed by atoms with van der Waals surface area (Å²) in [6.07, 6.45) is 0. The van der Waals surface area contributed by atoms with Crippen LogP contribution < -0.4 is 5.73 Å². The number of aryl methyl sites for hydroxylation is 1. The van der Waals surface area contributed by atoms with Gasteiger partial charge in [0.1, 0.15) is 0 Å². The molecule has 1 aromatic carbocycles. The molecule has 0 amide bonds. The molecule has 2 aromatic rings. The number of aromatic amines is 1. The minimum absolute atomic E-state index is 0.583. The van der Waals surface area contributed by atoms with Crippen LogP contribution >= 0.6 is 0 Å².